The van der Waals surface area contributed by atoms with Crippen molar-refractivity contribution in [1.29, 1.82) is 0 Å². The molecule has 1 fully saturated rings. The standard InChI is InChI=1S/C14H26ClN5/c1-5-19-6-8-20(9-7-19)12(10-16-3)13-14(15)17-11(2)18(13)4/h12,16H,5-10H2,1-4H3. The highest BCUT2D eigenvalue weighted by atomic mass is 35.5. The molecule has 6 heteroatoms. The number of hydrogen-bond donors (Lipinski definition) is 1. The lowest BCUT2D eigenvalue weighted by atomic mass is 10.1. The number of aryl methyl sites for hydroxylation is 1. The Kier molecular flexibility index (Phi) is 5.43. The zero-order chi connectivity index (χ0) is 14.7. The molecule has 1 saturated heterocycles. The van der Waals surface area contributed by atoms with Crippen LogP contribution in [0.1, 0.15) is 24.5 Å². The average molecular weight is 300 g/mol. The van der Waals surface area contributed by atoms with Crippen molar-refractivity contribution in [1.82, 2.24) is 24.7 Å². The van der Waals surface area contributed by atoms with Gasteiger partial charge < -0.3 is 14.8 Å². The maximum absolute atomic E-state index is 6.36. The molecule has 0 bridgehead atoms. The Morgan fingerprint density at radius 1 is 1.30 bits per heavy atom. The van der Waals surface area contributed by atoms with E-state index in [2.05, 4.69) is 38.6 Å². The fourth-order valence-electron chi connectivity index (χ4n) is 2.93. The van der Waals surface area contributed by atoms with Gasteiger partial charge in [-0.25, -0.2) is 4.98 Å². The number of nitrogens with one attached hydrogen (secondary N) is 1. The molecule has 1 atom stereocenters. The summed E-state index contributed by atoms with van der Waals surface area (Å²) in [7, 11) is 4.04. The molecule has 1 aromatic heterocycles. The summed E-state index contributed by atoms with van der Waals surface area (Å²) in [6.45, 7) is 10.7. The first-order chi connectivity index (χ1) is 9.58. The van der Waals surface area contributed by atoms with Crippen LogP contribution in [-0.4, -0.2) is 65.7 Å². The number of aromatic nitrogens is 2. The van der Waals surface area contributed by atoms with Crippen LogP contribution in [0.15, 0.2) is 0 Å². The fourth-order valence-corrected chi connectivity index (χ4v) is 3.31. The normalized spacial score (nSPS) is 19.4. The Morgan fingerprint density at radius 3 is 2.40 bits per heavy atom. The van der Waals surface area contributed by atoms with Crippen LogP contribution in [0.4, 0.5) is 0 Å². The number of halogens is 1. The summed E-state index contributed by atoms with van der Waals surface area (Å²) in [5.74, 6) is 0.971. The number of rotatable bonds is 5. The van der Waals surface area contributed by atoms with Crippen LogP contribution in [0.2, 0.25) is 5.15 Å². The van der Waals surface area contributed by atoms with E-state index in [4.69, 9.17) is 11.6 Å². The Hall–Kier alpha value is -0.620. The number of piperazine rings is 1. The average Bonchev–Trinajstić information content (AvgIpc) is 2.70. The number of imidazole rings is 1. The number of likely N-dealkylation sites (N-methyl/N-ethyl adjacent to an activating group) is 2. The van der Waals surface area contributed by atoms with Crippen molar-refractivity contribution in [3.8, 4) is 0 Å². The summed E-state index contributed by atoms with van der Waals surface area (Å²) in [5, 5.41) is 3.94. The monoisotopic (exact) mass is 299 g/mol. The predicted molar refractivity (Wildman–Crippen MR) is 83.3 cm³/mol. The van der Waals surface area contributed by atoms with E-state index in [1.807, 2.05) is 14.0 Å². The van der Waals surface area contributed by atoms with Gasteiger partial charge in [-0.05, 0) is 20.5 Å². The van der Waals surface area contributed by atoms with Crippen molar-refractivity contribution in [2.24, 2.45) is 7.05 Å². The topological polar surface area (TPSA) is 36.3 Å². The van der Waals surface area contributed by atoms with Gasteiger partial charge in [-0.3, -0.25) is 4.90 Å². The summed E-state index contributed by atoms with van der Waals surface area (Å²) in [4.78, 5) is 9.41. The minimum atomic E-state index is 0.290. The molecule has 0 spiro atoms. The van der Waals surface area contributed by atoms with Gasteiger partial charge in [-0.15, -0.1) is 0 Å². The molecule has 0 saturated carbocycles. The highest BCUT2D eigenvalue weighted by molar-refractivity contribution is 6.30. The third kappa shape index (κ3) is 3.17. The molecule has 0 amide bonds. The second-order valence-corrected chi connectivity index (χ2v) is 5.80. The first kappa shape index (κ1) is 15.8. The lowest BCUT2D eigenvalue weighted by Crippen LogP contribution is -2.49. The second kappa shape index (κ2) is 6.89. The minimum absolute atomic E-state index is 0.290. The van der Waals surface area contributed by atoms with Crippen LogP contribution in [0.3, 0.4) is 0 Å². The van der Waals surface area contributed by atoms with E-state index in [1.165, 1.54) is 0 Å². The predicted octanol–water partition coefficient (Wildman–Crippen LogP) is 1.28. The lowest BCUT2D eigenvalue weighted by Gasteiger charge is -2.39. The molecule has 1 N–H and O–H groups in total. The first-order valence-electron chi connectivity index (χ1n) is 7.38. The SMILES string of the molecule is CCN1CCN(C(CNC)c2c(Cl)nc(C)n2C)CC1. The molecule has 1 aromatic rings. The van der Waals surface area contributed by atoms with Gasteiger partial charge >= 0.3 is 0 Å². The van der Waals surface area contributed by atoms with Gasteiger partial charge in [0.25, 0.3) is 0 Å². The maximum Gasteiger partial charge on any atom is 0.152 e. The Morgan fingerprint density at radius 2 is 1.95 bits per heavy atom. The van der Waals surface area contributed by atoms with Crippen LogP contribution >= 0.6 is 11.6 Å². The third-order valence-corrected chi connectivity index (χ3v) is 4.60. The second-order valence-electron chi connectivity index (χ2n) is 5.44. The molecular formula is C14H26ClN5. The van der Waals surface area contributed by atoms with Crippen molar-refractivity contribution in [2.45, 2.75) is 19.9 Å². The van der Waals surface area contributed by atoms with Crippen molar-refractivity contribution in [3.63, 3.8) is 0 Å². The molecule has 1 aliphatic rings. The zero-order valence-electron chi connectivity index (χ0n) is 13.0. The summed E-state index contributed by atoms with van der Waals surface area (Å²) in [6, 6.07) is 0.290. The lowest BCUT2D eigenvalue weighted by molar-refractivity contribution is 0.0962. The van der Waals surface area contributed by atoms with Crippen molar-refractivity contribution >= 4 is 11.6 Å². The van der Waals surface area contributed by atoms with Crippen molar-refractivity contribution in [2.75, 3.05) is 46.3 Å². The number of hydrogen-bond acceptors (Lipinski definition) is 4. The van der Waals surface area contributed by atoms with E-state index in [9.17, 15) is 0 Å². The van der Waals surface area contributed by atoms with E-state index in [0.717, 1.165) is 50.8 Å². The number of nitrogens with zero attached hydrogens (tertiary/aromatic N) is 4. The smallest absolute Gasteiger partial charge is 0.152 e. The molecule has 1 aliphatic heterocycles. The van der Waals surface area contributed by atoms with E-state index < -0.39 is 0 Å². The van der Waals surface area contributed by atoms with Gasteiger partial charge in [0, 0.05) is 39.8 Å². The molecule has 20 heavy (non-hydrogen) atoms. The van der Waals surface area contributed by atoms with Crippen molar-refractivity contribution in [3.05, 3.63) is 16.7 Å². The minimum Gasteiger partial charge on any atom is -0.333 e. The Labute approximate surface area is 126 Å². The van der Waals surface area contributed by atoms with E-state index in [0.29, 0.717) is 5.15 Å². The molecule has 114 valence electrons. The van der Waals surface area contributed by atoms with Gasteiger partial charge in [0.15, 0.2) is 5.15 Å². The highest BCUT2D eigenvalue weighted by Crippen LogP contribution is 2.28. The molecule has 0 aliphatic carbocycles. The zero-order valence-corrected chi connectivity index (χ0v) is 13.7. The Balaban J connectivity index is 2.19. The summed E-state index contributed by atoms with van der Waals surface area (Å²) < 4.78 is 2.12. The molecule has 2 rings (SSSR count). The Bertz CT molecular complexity index is 437. The fraction of sp³-hybridized carbons (Fsp3) is 0.786. The van der Waals surface area contributed by atoms with E-state index in [1.54, 1.807) is 0 Å². The highest BCUT2D eigenvalue weighted by Gasteiger charge is 2.28. The van der Waals surface area contributed by atoms with Crippen LogP contribution in [0.5, 0.6) is 0 Å². The van der Waals surface area contributed by atoms with Gasteiger partial charge in [-0.1, -0.05) is 18.5 Å². The maximum atomic E-state index is 6.36. The summed E-state index contributed by atoms with van der Waals surface area (Å²) in [5.41, 5.74) is 1.13. The van der Waals surface area contributed by atoms with E-state index >= 15 is 0 Å². The molecule has 2 heterocycles. The summed E-state index contributed by atoms with van der Waals surface area (Å²) in [6.07, 6.45) is 0. The van der Waals surface area contributed by atoms with E-state index in [-0.39, 0.29) is 6.04 Å². The summed E-state index contributed by atoms with van der Waals surface area (Å²) >= 11 is 6.36. The van der Waals surface area contributed by atoms with Crippen LogP contribution in [0.25, 0.3) is 0 Å². The van der Waals surface area contributed by atoms with Crippen LogP contribution in [-0.2, 0) is 7.05 Å². The molecule has 0 aromatic carbocycles. The van der Waals surface area contributed by atoms with Gasteiger partial charge in [0.05, 0.1) is 11.7 Å². The van der Waals surface area contributed by atoms with Crippen LogP contribution < -0.4 is 5.32 Å². The molecule has 5 nitrogen and oxygen atoms in total. The quantitative estimate of drug-likeness (QED) is 0.889. The van der Waals surface area contributed by atoms with Gasteiger partial charge in [-0.2, -0.15) is 0 Å². The molecule has 0 radical (unpaired) electrons. The largest absolute Gasteiger partial charge is 0.333 e. The van der Waals surface area contributed by atoms with Crippen molar-refractivity contribution < 1.29 is 0 Å². The molecule has 1 unspecified atom stereocenters. The van der Waals surface area contributed by atoms with Gasteiger partial charge in [0.1, 0.15) is 5.82 Å². The first-order valence-corrected chi connectivity index (χ1v) is 7.76. The molecular weight excluding hydrogens is 274 g/mol. The van der Waals surface area contributed by atoms with Crippen LogP contribution in [0, 0.1) is 6.92 Å². The third-order valence-electron chi connectivity index (χ3n) is 4.33. The van der Waals surface area contributed by atoms with Gasteiger partial charge in [0.2, 0.25) is 0 Å².